The van der Waals surface area contributed by atoms with Gasteiger partial charge in [-0.15, -0.1) is 10.2 Å². The lowest BCUT2D eigenvalue weighted by Crippen LogP contribution is -2.27. The number of hydrogen-bond acceptors (Lipinski definition) is 8. The first-order valence-electron chi connectivity index (χ1n) is 7.00. The van der Waals surface area contributed by atoms with Crippen LogP contribution in [0.25, 0.3) is 22.1 Å². The number of hydrogen-bond donors (Lipinski definition) is 1. The van der Waals surface area contributed by atoms with Crippen LogP contribution in [0.4, 0.5) is 5.88 Å². The lowest BCUT2D eigenvalue weighted by atomic mass is 10.2. The Morgan fingerprint density at radius 2 is 2.25 bits per heavy atom. The van der Waals surface area contributed by atoms with Crippen molar-refractivity contribution in [1.82, 2.24) is 25.4 Å². The lowest BCUT2D eigenvalue weighted by Gasteiger charge is -2.06. The van der Waals surface area contributed by atoms with Crippen molar-refractivity contribution in [3.63, 3.8) is 0 Å². The van der Waals surface area contributed by atoms with Crippen LogP contribution >= 0.6 is 11.8 Å². The van der Waals surface area contributed by atoms with Crippen molar-refractivity contribution in [2.75, 3.05) is 5.75 Å². The first-order chi connectivity index (χ1) is 11.7. The van der Waals surface area contributed by atoms with E-state index < -0.39 is 0 Å². The van der Waals surface area contributed by atoms with Crippen LogP contribution in [0.5, 0.6) is 0 Å². The molecule has 0 unspecified atom stereocenters. The summed E-state index contributed by atoms with van der Waals surface area (Å²) in [7, 11) is 1.68. The Labute approximate surface area is 139 Å². The highest BCUT2D eigenvalue weighted by molar-refractivity contribution is 7.99. The molecule has 1 N–H and O–H groups in total. The second-order valence-corrected chi connectivity index (χ2v) is 5.91. The smallest absolute Gasteiger partial charge is 0.320 e. The van der Waals surface area contributed by atoms with Crippen LogP contribution < -0.4 is 9.79 Å². The standard InChI is InChI=1S/C14H11N7O2S/c1-21-6-11(23-20-21)16-10(22)7-24-14-17-13-12(18-19-14)8-4-2-3-5-9(8)15-13/h2-6H,7H2,1H3,(H-,15,16,17,18,19,20,22). The van der Waals surface area contributed by atoms with Gasteiger partial charge in [0.25, 0.3) is 6.20 Å². The van der Waals surface area contributed by atoms with Gasteiger partial charge in [-0.2, -0.15) is 0 Å². The van der Waals surface area contributed by atoms with Crippen LogP contribution in [0, 0.1) is 0 Å². The number of nitrogens with one attached hydrogen (secondary N) is 1. The molecule has 24 heavy (non-hydrogen) atoms. The van der Waals surface area contributed by atoms with Crippen molar-refractivity contribution in [3.05, 3.63) is 30.5 Å². The first kappa shape index (κ1) is 14.6. The molecular weight excluding hydrogens is 330 g/mol. The van der Waals surface area contributed by atoms with Gasteiger partial charge in [0.2, 0.25) is 5.16 Å². The number of benzene rings is 1. The van der Waals surface area contributed by atoms with E-state index in [0.717, 1.165) is 22.7 Å². The van der Waals surface area contributed by atoms with Gasteiger partial charge in [0.1, 0.15) is 5.52 Å². The van der Waals surface area contributed by atoms with Gasteiger partial charge in [-0.05, 0) is 12.0 Å². The van der Waals surface area contributed by atoms with Crippen LogP contribution in [0.15, 0.2) is 45.1 Å². The number of nitrogens with zero attached hydrogens (tertiary/aromatic N) is 6. The second-order valence-electron chi connectivity index (χ2n) is 4.97. The predicted octanol–water partition coefficient (Wildman–Crippen LogP) is 0.501. The quantitative estimate of drug-likeness (QED) is 0.248. The molecule has 9 nitrogen and oxygen atoms in total. The largest absolute Gasteiger partial charge is 0.861 e. The number of aromatic nitrogens is 6. The van der Waals surface area contributed by atoms with Crippen molar-refractivity contribution in [1.29, 1.82) is 0 Å². The zero-order valence-electron chi connectivity index (χ0n) is 12.5. The molecule has 3 heterocycles. The predicted molar refractivity (Wildman–Crippen MR) is 84.7 cm³/mol. The van der Waals surface area contributed by atoms with Gasteiger partial charge >= 0.3 is 5.88 Å². The Bertz CT molecular complexity index is 1060. The van der Waals surface area contributed by atoms with Crippen molar-refractivity contribution in [3.8, 4) is 0 Å². The third kappa shape index (κ3) is 2.78. The van der Waals surface area contributed by atoms with Gasteiger partial charge < -0.3 is 10.1 Å². The molecule has 0 saturated carbocycles. The van der Waals surface area contributed by atoms with Crippen LogP contribution in [-0.2, 0) is 7.05 Å². The monoisotopic (exact) mass is 341 g/mol. The molecule has 3 aromatic heterocycles. The number of rotatable bonds is 4. The summed E-state index contributed by atoms with van der Waals surface area (Å²) in [5, 5.41) is 25.1. The molecular formula is C14H11N7O2S. The minimum atomic E-state index is -0.364. The molecule has 1 aromatic carbocycles. The second kappa shape index (κ2) is 5.89. The van der Waals surface area contributed by atoms with Crippen LogP contribution in [-0.4, -0.2) is 37.1 Å². The average Bonchev–Trinajstić information content (AvgIpc) is 3.15. The molecule has 0 aliphatic heterocycles. The maximum Gasteiger partial charge on any atom is 0.320 e. The van der Waals surface area contributed by atoms with Crippen molar-refractivity contribution in [2.45, 2.75) is 5.16 Å². The summed E-state index contributed by atoms with van der Waals surface area (Å²) in [5.41, 5.74) is 2.29. The third-order valence-electron chi connectivity index (χ3n) is 3.22. The third-order valence-corrected chi connectivity index (χ3v) is 4.05. The Balaban J connectivity index is 1.54. The summed E-state index contributed by atoms with van der Waals surface area (Å²) < 4.78 is 6.27. The van der Waals surface area contributed by atoms with E-state index in [0.29, 0.717) is 16.3 Å². The van der Waals surface area contributed by atoms with Crippen LogP contribution in [0.2, 0.25) is 0 Å². The Kier molecular flexibility index (Phi) is 3.58. The minimum Gasteiger partial charge on any atom is -0.861 e. The topological polar surface area (TPSA) is 120 Å². The molecule has 0 saturated heterocycles. The highest BCUT2D eigenvalue weighted by Gasteiger charge is 2.09. The fourth-order valence-corrected chi connectivity index (χ4v) is 2.78. The number of thioether (sulfide) groups is 1. The van der Waals surface area contributed by atoms with Gasteiger partial charge in [-0.1, -0.05) is 34.6 Å². The molecule has 0 radical (unpaired) electrons. The summed E-state index contributed by atoms with van der Waals surface area (Å²) in [4.78, 5) is 11.4. The maximum atomic E-state index is 11.8. The summed E-state index contributed by atoms with van der Waals surface area (Å²) in [6, 6.07) is 7.77. The first-order valence-corrected chi connectivity index (χ1v) is 7.99. The van der Waals surface area contributed by atoms with Crippen molar-refractivity contribution in [2.24, 2.45) is 12.0 Å². The van der Waals surface area contributed by atoms with Crippen molar-refractivity contribution >= 4 is 45.6 Å². The maximum absolute atomic E-state index is 11.8. The minimum absolute atomic E-state index is 0.0812. The normalized spacial score (nSPS) is 12.3. The summed E-state index contributed by atoms with van der Waals surface area (Å²) in [5.74, 6) is -0.122. The average molecular weight is 341 g/mol. The van der Waals surface area contributed by atoms with Gasteiger partial charge in [0, 0.05) is 16.7 Å². The van der Waals surface area contributed by atoms with Gasteiger partial charge in [-0.3, -0.25) is 4.52 Å². The molecule has 0 aliphatic carbocycles. The summed E-state index contributed by atoms with van der Waals surface area (Å²) >= 11 is 1.16. The molecule has 0 fully saturated rings. The van der Waals surface area contributed by atoms with E-state index in [4.69, 9.17) is 4.52 Å². The zero-order valence-corrected chi connectivity index (χ0v) is 13.3. The SMILES string of the molecule is C[n+]1cc(/N=C(/[O-])CSc2nnc3c(n2)[nH]c2ccccc23)on1. The highest BCUT2D eigenvalue weighted by atomic mass is 32.2. The number of H-pyrrole nitrogens is 1. The molecule has 4 rings (SSSR count). The lowest BCUT2D eigenvalue weighted by molar-refractivity contribution is -0.739. The molecule has 0 aliphatic rings. The van der Waals surface area contributed by atoms with Crippen LogP contribution in [0.3, 0.4) is 0 Å². The Morgan fingerprint density at radius 1 is 1.38 bits per heavy atom. The number of aliphatic imine (C=N–C) groups is 1. The fraction of sp³-hybridized carbons (Fsp3) is 0.143. The van der Waals surface area contributed by atoms with E-state index in [1.807, 2.05) is 24.3 Å². The highest BCUT2D eigenvalue weighted by Crippen LogP contribution is 2.23. The molecule has 10 heteroatoms. The van der Waals surface area contributed by atoms with E-state index >= 15 is 0 Å². The zero-order chi connectivity index (χ0) is 16.5. The van der Waals surface area contributed by atoms with Crippen LogP contribution in [0.1, 0.15) is 0 Å². The van der Waals surface area contributed by atoms with E-state index in [1.54, 1.807) is 7.05 Å². The van der Waals surface area contributed by atoms with Crippen molar-refractivity contribution < 1.29 is 14.3 Å². The van der Waals surface area contributed by atoms with E-state index in [1.165, 1.54) is 10.9 Å². The molecule has 120 valence electrons. The summed E-state index contributed by atoms with van der Waals surface area (Å²) in [6.07, 6.45) is 1.51. The molecule has 4 aromatic rings. The summed E-state index contributed by atoms with van der Waals surface area (Å²) in [6.45, 7) is 0. The Hall–Kier alpha value is -3.01. The number of para-hydroxylation sites is 1. The van der Waals surface area contributed by atoms with E-state index in [9.17, 15) is 5.11 Å². The molecule has 0 amide bonds. The molecule has 0 spiro atoms. The number of aromatic amines is 1. The molecule has 0 atom stereocenters. The van der Waals surface area contributed by atoms with Gasteiger partial charge in [0.05, 0.1) is 0 Å². The fourth-order valence-electron chi connectivity index (χ4n) is 2.21. The van der Waals surface area contributed by atoms with E-state index in [-0.39, 0.29) is 17.5 Å². The Morgan fingerprint density at radius 3 is 3.08 bits per heavy atom. The number of fused-ring (bicyclic) bond motifs is 3. The molecule has 0 bridgehead atoms. The van der Waals surface area contributed by atoms with Gasteiger partial charge in [-0.25, -0.2) is 9.98 Å². The van der Waals surface area contributed by atoms with E-state index in [2.05, 4.69) is 30.4 Å². The van der Waals surface area contributed by atoms with Gasteiger partial charge in [0.15, 0.2) is 18.0 Å². The number of aryl methyl sites for hydroxylation is 1.